The van der Waals surface area contributed by atoms with Crippen molar-refractivity contribution < 1.29 is 4.39 Å². The molecule has 0 aliphatic carbocycles. The fourth-order valence-corrected chi connectivity index (χ4v) is 1.64. The van der Waals surface area contributed by atoms with Crippen LogP contribution in [0.5, 0.6) is 0 Å². The molecule has 1 aromatic heterocycles. The van der Waals surface area contributed by atoms with Gasteiger partial charge >= 0.3 is 0 Å². The Bertz CT molecular complexity index is 308. The van der Waals surface area contributed by atoms with E-state index in [9.17, 15) is 4.39 Å². The van der Waals surface area contributed by atoms with Crippen molar-refractivity contribution in [3.8, 4) is 0 Å². The van der Waals surface area contributed by atoms with Gasteiger partial charge in [0.15, 0.2) is 0 Å². The van der Waals surface area contributed by atoms with Crippen molar-refractivity contribution in [2.45, 2.75) is 18.9 Å². The number of halogens is 1. The second-order valence-corrected chi connectivity index (χ2v) is 3.30. The SMILES string of the molecule is Nc1cc([C@@H]2CCCN2)cnc1F. The van der Waals surface area contributed by atoms with Gasteiger partial charge in [0.2, 0.25) is 5.95 Å². The first-order chi connectivity index (χ1) is 6.27. The van der Waals surface area contributed by atoms with Gasteiger partial charge in [0, 0.05) is 12.2 Å². The molecule has 3 nitrogen and oxygen atoms in total. The molecule has 0 radical (unpaired) electrons. The summed E-state index contributed by atoms with van der Waals surface area (Å²) in [7, 11) is 0. The molecule has 2 rings (SSSR count). The minimum atomic E-state index is -0.582. The third-order valence-corrected chi connectivity index (χ3v) is 2.35. The van der Waals surface area contributed by atoms with Crippen LogP contribution in [-0.2, 0) is 0 Å². The number of nitrogen functional groups attached to an aromatic ring is 1. The van der Waals surface area contributed by atoms with Crippen molar-refractivity contribution in [1.29, 1.82) is 0 Å². The molecular formula is C9H12FN3. The number of nitrogens with two attached hydrogens (primary N) is 1. The van der Waals surface area contributed by atoms with Crippen LogP contribution in [0.15, 0.2) is 12.3 Å². The molecule has 1 saturated heterocycles. The molecule has 0 saturated carbocycles. The van der Waals surface area contributed by atoms with Crippen molar-refractivity contribution in [1.82, 2.24) is 10.3 Å². The van der Waals surface area contributed by atoms with Gasteiger partial charge in [-0.15, -0.1) is 0 Å². The van der Waals surface area contributed by atoms with E-state index >= 15 is 0 Å². The van der Waals surface area contributed by atoms with Crippen LogP contribution in [0.25, 0.3) is 0 Å². The van der Waals surface area contributed by atoms with Crippen LogP contribution in [-0.4, -0.2) is 11.5 Å². The van der Waals surface area contributed by atoms with Crippen LogP contribution >= 0.6 is 0 Å². The topological polar surface area (TPSA) is 50.9 Å². The predicted molar refractivity (Wildman–Crippen MR) is 48.6 cm³/mol. The summed E-state index contributed by atoms with van der Waals surface area (Å²) in [6, 6.07) is 1.96. The first-order valence-corrected chi connectivity index (χ1v) is 4.41. The quantitative estimate of drug-likeness (QED) is 0.640. The average molecular weight is 181 g/mol. The minimum Gasteiger partial charge on any atom is -0.395 e. The standard InChI is InChI=1S/C9H12FN3/c10-9-7(11)4-6(5-13-9)8-2-1-3-12-8/h4-5,8,12H,1-3,11H2/t8-/m0/s1. The zero-order valence-corrected chi connectivity index (χ0v) is 7.26. The lowest BCUT2D eigenvalue weighted by molar-refractivity contribution is 0.580. The molecule has 0 aromatic carbocycles. The van der Waals surface area contributed by atoms with E-state index in [1.165, 1.54) is 0 Å². The molecule has 3 N–H and O–H groups in total. The second kappa shape index (κ2) is 3.30. The number of hydrogen-bond acceptors (Lipinski definition) is 3. The molecule has 1 aliphatic rings. The molecule has 1 aromatic rings. The minimum absolute atomic E-state index is 0.131. The molecule has 0 amide bonds. The summed E-state index contributed by atoms with van der Waals surface area (Å²) in [4.78, 5) is 3.59. The number of nitrogens with zero attached hydrogens (tertiary/aromatic N) is 1. The molecule has 2 heterocycles. The van der Waals surface area contributed by atoms with Crippen molar-refractivity contribution in [3.63, 3.8) is 0 Å². The maximum absolute atomic E-state index is 12.7. The van der Waals surface area contributed by atoms with Gasteiger partial charge in [0.05, 0.1) is 5.69 Å². The van der Waals surface area contributed by atoms with Crippen molar-refractivity contribution in [2.75, 3.05) is 12.3 Å². The first kappa shape index (κ1) is 8.44. The van der Waals surface area contributed by atoms with Crippen LogP contribution in [0, 0.1) is 5.95 Å². The fourth-order valence-electron chi connectivity index (χ4n) is 1.64. The van der Waals surface area contributed by atoms with Crippen LogP contribution < -0.4 is 11.1 Å². The Labute approximate surface area is 76.2 Å². The van der Waals surface area contributed by atoms with Crippen molar-refractivity contribution >= 4 is 5.69 Å². The normalized spacial score (nSPS) is 22.1. The van der Waals surface area contributed by atoms with Gasteiger partial charge in [-0.3, -0.25) is 0 Å². The Hall–Kier alpha value is -1.16. The molecule has 4 heteroatoms. The number of hydrogen-bond donors (Lipinski definition) is 2. The van der Waals surface area contributed by atoms with Crippen LogP contribution in [0.2, 0.25) is 0 Å². The summed E-state index contributed by atoms with van der Waals surface area (Å²) in [6.45, 7) is 1.02. The third-order valence-electron chi connectivity index (χ3n) is 2.35. The predicted octanol–water partition coefficient (Wildman–Crippen LogP) is 1.23. The maximum atomic E-state index is 12.7. The highest BCUT2D eigenvalue weighted by Gasteiger charge is 2.17. The summed E-state index contributed by atoms with van der Waals surface area (Å²) in [5.41, 5.74) is 6.54. The fraction of sp³-hybridized carbons (Fsp3) is 0.444. The molecule has 1 fully saturated rings. The molecule has 1 atom stereocenters. The summed E-state index contributed by atoms with van der Waals surface area (Å²) >= 11 is 0. The van der Waals surface area contributed by atoms with Gasteiger partial charge in [-0.25, -0.2) is 4.98 Å². The van der Waals surface area contributed by atoms with Gasteiger partial charge in [0.25, 0.3) is 0 Å². The van der Waals surface area contributed by atoms with Crippen LogP contribution in [0.4, 0.5) is 10.1 Å². The lowest BCUT2D eigenvalue weighted by atomic mass is 10.1. The van der Waals surface area contributed by atoms with Gasteiger partial charge in [0.1, 0.15) is 0 Å². The monoisotopic (exact) mass is 181 g/mol. The van der Waals surface area contributed by atoms with Crippen LogP contribution in [0.1, 0.15) is 24.4 Å². The van der Waals surface area contributed by atoms with Crippen molar-refractivity contribution in [2.24, 2.45) is 0 Å². The van der Waals surface area contributed by atoms with E-state index < -0.39 is 5.95 Å². The van der Waals surface area contributed by atoms with Gasteiger partial charge < -0.3 is 11.1 Å². The lowest BCUT2D eigenvalue weighted by Gasteiger charge is -2.10. The summed E-state index contributed by atoms with van der Waals surface area (Å²) in [5.74, 6) is -0.582. The lowest BCUT2D eigenvalue weighted by Crippen LogP contribution is -2.13. The summed E-state index contributed by atoms with van der Waals surface area (Å²) in [5, 5.41) is 3.30. The van der Waals surface area contributed by atoms with Gasteiger partial charge in [-0.05, 0) is 31.0 Å². The van der Waals surface area contributed by atoms with Crippen LogP contribution in [0.3, 0.4) is 0 Å². The molecule has 0 bridgehead atoms. The maximum Gasteiger partial charge on any atom is 0.236 e. The molecule has 70 valence electrons. The Kier molecular flexibility index (Phi) is 2.14. The molecule has 0 unspecified atom stereocenters. The highest BCUT2D eigenvalue weighted by atomic mass is 19.1. The number of pyridine rings is 1. The Balaban J connectivity index is 2.25. The van der Waals surface area contributed by atoms with E-state index in [0.717, 1.165) is 24.9 Å². The van der Waals surface area contributed by atoms with E-state index in [1.54, 1.807) is 12.3 Å². The van der Waals surface area contributed by atoms with E-state index in [1.807, 2.05) is 0 Å². The van der Waals surface area contributed by atoms with Gasteiger partial charge in [-0.1, -0.05) is 0 Å². The zero-order valence-electron chi connectivity index (χ0n) is 7.26. The van der Waals surface area contributed by atoms with E-state index in [-0.39, 0.29) is 5.69 Å². The Morgan fingerprint density at radius 1 is 1.62 bits per heavy atom. The third kappa shape index (κ3) is 1.62. The molecule has 0 spiro atoms. The van der Waals surface area contributed by atoms with E-state index in [4.69, 9.17) is 5.73 Å². The summed E-state index contributed by atoms with van der Waals surface area (Å²) in [6.07, 6.45) is 3.78. The number of nitrogens with one attached hydrogen (secondary N) is 1. The largest absolute Gasteiger partial charge is 0.395 e. The number of aromatic nitrogens is 1. The smallest absolute Gasteiger partial charge is 0.236 e. The molecule has 13 heavy (non-hydrogen) atoms. The zero-order chi connectivity index (χ0) is 9.26. The number of rotatable bonds is 1. The molecular weight excluding hydrogens is 169 g/mol. The number of anilines is 1. The van der Waals surface area contributed by atoms with Gasteiger partial charge in [-0.2, -0.15) is 4.39 Å². The highest BCUT2D eigenvalue weighted by Crippen LogP contribution is 2.24. The Morgan fingerprint density at radius 2 is 2.46 bits per heavy atom. The average Bonchev–Trinajstić information content (AvgIpc) is 2.62. The first-order valence-electron chi connectivity index (χ1n) is 4.41. The highest BCUT2D eigenvalue weighted by molar-refractivity contribution is 5.39. The van der Waals surface area contributed by atoms with Crippen molar-refractivity contribution in [3.05, 3.63) is 23.8 Å². The van der Waals surface area contributed by atoms with E-state index in [2.05, 4.69) is 10.3 Å². The Morgan fingerprint density at radius 3 is 3.08 bits per heavy atom. The molecule has 1 aliphatic heterocycles. The second-order valence-electron chi connectivity index (χ2n) is 3.30. The summed E-state index contributed by atoms with van der Waals surface area (Å²) < 4.78 is 12.7. The van der Waals surface area contributed by atoms with E-state index in [0.29, 0.717) is 6.04 Å².